The van der Waals surface area contributed by atoms with Crippen molar-refractivity contribution < 1.29 is 29.2 Å². The van der Waals surface area contributed by atoms with Gasteiger partial charge in [0.25, 0.3) is 0 Å². The number of nitriles is 1. The Morgan fingerprint density at radius 1 is 1.43 bits per heavy atom. The molecule has 30 heavy (non-hydrogen) atoms. The van der Waals surface area contributed by atoms with Gasteiger partial charge in [0, 0.05) is 0 Å². The summed E-state index contributed by atoms with van der Waals surface area (Å²) >= 11 is 0. The van der Waals surface area contributed by atoms with Crippen LogP contribution < -0.4 is 5.73 Å². The molecule has 2 aliphatic carbocycles. The Hall–Kier alpha value is -2.94. The van der Waals surface area contributed by atoms with Gasteiger partial charge in [0.1, 0.15) is 30.1 Å². The number of aliphatic hydroxyl groups excluding tert-OH is 1. The van der Waals surface area contributed by atoms with Crippen molar-refractivity contribution in [3.63, 3.8) is 0 Å². The zero-order valence-corrected chi connectivity index (χ0v) is 16.0. The minimum absolute atomic E-state index is 0.185. The Kier molecular flexibility index (Phi) is 4.15. The molecule has 2 aromatic heterocycles. The monoisotopic (exact) mass is 415 g/mol. The van der Waals surface area contributed by atoms with Crippen molar-refractivity contribution in [2.75, 3.05) is 12.3 Å². The Morgan fingerprint density at radius 2 is 2.20 bits per heavy atom. The Balaban J connectivity index is 1.33. The van der Waals surface area contributed by atoms with Crippen molar-refractivity contribution in [1.82, 2.24) is 14.6 Å². The standard InChI is InChI=1S/C19H21N5O6/c20-8-18(12-6-5-11-15(21)22-9-23-24(11)12)16(25)19(27)13(14(19)30-18)29-17(26)28-7-10-3-1-2-4-10/h5-6,9-10,13-14,16,25,27H,1-4,7H2,(H2,21,22,23)/t13-,14+,16-,18-,19+/m0/s1. The molecular formula is C19H21N5O6. The first kappa shape index (κ1) is 19.0. The van der Waals surface area contributed by atoms with E-state index in [0.717, 1.165) is 25.7 Å². The first-order valence-corrected chi connectivity index (χ1v) is 9.83. The number of carbonyl (C=O) groups excluding carboxylic acids is 1. The van der Waals surface area contributed by atoms with Crippen LogP contribution >= 0.6 is 0 Å². The summed E-state index contributed by atoms with van der Waals surface area (Å²) in [7, 11) is 0. The number of aliphatic hydroxyl groups is 2. The van der Waals surface area contributed by atoms with Gasteiger partial charge in [0.2, 0.25) is 5.60 Å². The SMILES string of the molecule is N#C[C@@]1(c2ccc3c(N)ncnn23)O[C@@H]2[C@H](OC(=O)OCC3CCCC3)[C@]2(O)[C@H]1O. The van der Waals surface area contributed by atoms with E-state index < -0.39 is 35.7 Å². The summed E-state index contributed by atoms with van der Waals surface area (Å²) in [5.41, 5.74) is 2.59. The lowest BCUT2D eigenvalue weighted by Crippen LogP contribution is -2.47. The zero-order chi connectivity index (χ0) is 21.1. The van der Waals surface area contributed by atoms with Crippen molar-refractivity contribution in [1.29, 1.82) is 5.26 Å². The molecule has 3 fully saturated rings. The predicted octanol–water partition coefficient (Wildman–Crippen LogP) is 0.247. The summed E-state index contributed by atoms with van der Waals surface area (Å²) < 4.78 is 17.4. The van der Waals surface area contributed by atoms with Crippen LogP contribution in [0, 0.1) is 17.2 Å². The molecule has 11 nitrogen and oxygen atoms in total. The topological polar surface area (TPSA) is 165 Å². The normalized spacial score (nSPS) is 35.2. The van der Waals surface area contributed by atoms with Crippen molar-refractivity contribution in [2.24, 2.45) is 5.92 Å². The molecule has 0 amide bonds. The second-order valence-corrected chi connectivity index (χ2v) is 8.09. The molecule has 158 valence electrons. The number of hydrogen-bond acceptors (Lipinski definition) is 10. The third kappa shape index (κ3) is 2.51. The predicted molar refractivity (Wildman–Crippen MR) is 98.7 cm³/mol. The molecule has 2 aromatic rings. The molecule has 5 atom stereocenters. The molecule has 3 aliphatic rings. The molecule has 0 spiro atoms. The third-order valence-corrected chi connectivity index (χ3v) is 6.38. The van der Waals surface area contributed by atoms with Crippen molar-refractivity contribution >= 4 is 17.5 Å². The van der Waals surface area contributed by atoms with Crippen molar-refractivity contribution in [3.05, 3.63) is 24.2 Å². The fourth-order valence-electron chi connectivity index (χ4n) is 4.62. The number of fused-ring (bicyclic) bond motifs is 2. The molecule has 0 radical (unpaired) electrons. The van der Waals surface area contributed by atoms with Crippen molar-refractivity contribution in [2.45, 2.75) is 55.2 Å². The Bertz CT molecular complexity index is 1050. The molecule has 0 aromatic carbocycles. The van der Waals surface area contributed by atoms with Crippen LogP contribution in [0.1, 0.15) is 31.4 Å². The van der Waals surface area contributed by atoms with Gasteiger partial charge in [0.15, 0.2) is 17.5 Å². The summed E-state index contributed by atoms with van der Waals surface area (Å²) in [6, 6.07) is 5.04. The molecule has 1 aliphatic heterocycles. The van der Waals surface area contributed by atoms with Crippen LogP contribution in [0.4, 0.5) is 10.6 Å². The zero-order valence-electron chi connectivity index (χ0n) is 16.0. The van der Waals surface area contributed by atoms with Crippen LogP contribution in [0.15, 0.2) is 18.5 Å². The summed E-state index contributed by atoms with van der Waals surface area (Å²) in [4.78, 5) is 15.9. The number of nitrogens with zero attached hydrogens (tertiary/aromatic N) is 4. The van der Waals surface area contributed by atoms with Crippen LogP contribution in [0.3, 0.4) is 0 Å². The molecule has 3 heterocycles. The highest BCUT2D eigenvalue weighted by Crippen LogP contribution is 2.59. The van der Waals surface area contributed by atoms with E-state index in [4.69, 9.17) is 19.9 Å². The minimum Gasteiger partial charge on any atom is -0.434 e. The van der Waals surface area contributed by atoms with E-state index in [1.165, 1.54) is 16.9 Å². The van der Waals surface area contributed by atoms with Gasteiger partial charge in [-0.25, -0.2) is 14.3 Å². The third-order valence-electron chi connectivity index (χ3n) is 6.38. The smallest absolute Gasteiger partial charge is 0.434 e. The van der Waals surface area contributed by atoms with E-state index in [0.29, 0.717) is 11.4 Å². The maximum atomic E-state index is 12.0. The fraction of sp³-hybridized carbons (Fsp3) is 0.579. The number of carbonyl (C=O) groups is 1. The molecule has 11 heteroatoms. The van der Waals surface area contributed by atoms with Gasteiger partial charge in [-0.3, -0.25) is 0 Å². The lowest BCUT2D eigenvalue weighted by atomic mass is 9.90. The van der Waals surface area contributed by atoms with E-state index in [-0.39, 0.29) is 18.1 Å². The molecule has 0 bridgehead atoms. The van der Waals surface area contributed by atoms with Crippen molar-refractivity contribution in [3.8, 4) is 6.07 Å². The highest BCUT2D eigenvalue weighted by atomic mass is 16.7. The number of anilines is 1. The molecule has 4 N–H and O–H groups in total. The summed E-state index contributed by atoms with van der Waals surface area (Å²) in [6.07, 6.45) is 0.642. The Morgan fingerprint density at radius 3 is 2.87 bits per heavy atom. The molecular weight excluding hydrogens is 394 g/mol. The van der Waals surface area contributed by atoms with E-state index in [1.807, 2.05) is 6.07 Å². The highest BCUT2D eigenvalue weighted by molar-refractivity contribution is 5.66. The molecule has 1 saturated heterocycles. The first-order chi connectivity index (χ1) is 14.4. The summed E-state index contributed by atoms with van der Waals surface area (Å²) in [5.74, 6) is 0.511. The lowest BCUT2D eigenvalue weighted by Gasteiger charge is -2.29. The number of nitrogen functional groups attached to an aromatic ring is 1. The first-order valence-electron chi connectivity index (χ1n) is 9.83. The van der Waals surface area contributed by atoms with Crippen LogP contribution in [0.2, 0.25) is 0 Å². The number of aromatic nitrogens is 3. The number of ether oxygens (including phenoxy) is 3. The number of hydrogen-bond donors (Lipinski definition) is 3. The Labute approximate surface area is 171 Å². The van der Waals surface area contributed by atoms with Gasteiger partial charge in [-0.1, -0.05) is 12.8 Å². The van der Waals surface area contributed by atoms with Gasteiger partial charge >= 0.3 is 6.16 Å². The molecule has 0 unspecified atom stereocenters. The summed E-state index contributed by atoms with van der Waals surface area (Å²) in [6.45, 7) is 0.261. The van der Waals surface area contributed by atoms with Crippen LogP contribution in [-0.2, 0) is 19.8 Å². The van der Waals surface area contributed by atoms with Gasteiger partial charge in [-0.2, -0.15) is 10.4 Å². The van der Waals surface area contributed by atoms with E-state index in [9.17, 15) is 20.3 Å². The average Bonchev–Trinajstić information content (AvgIpc) is 3.24. The van der Waals surface area contributed by atoms with Gasteiger partial charge in [-0.05, 0) is 30.9 Å². The molecule has 5 rings (SSSR count). The van der Waals surface area contributed by atoms with Crippen LogP contribution in [0.25, 0.3) is 5.52 Å². The molecule has 2 saturated carbocycles. The van der Waals surface area contributed by atoms with Gasteiger partial charge < -0.3 is 30.2 Å². The largest absolute Gasteiger partial charge is 0.508 e. The van der Waals surface area contributed by atoms with Gasteiger partial charge in [0.05, 0.1) is 12.3 Å². The van der Waals surface area contributed by atoms with E-state index in [2.05, 4.69) is 10.1 Å². The minimum atomic E-state index is -1.93. The van der Waals surface area contributed by atoms with Gasteiger partial charge in [-0.15, -0.1) is 0 Å². The second-order valence-electron chi connectivity index (χ2n) is 8.09. The van der Waals surface area contributed by atoms with Crippen LogP contribution in [0.5, 0.6) is 0 Å². The second kappa shape index (κ2) is 6.53. The maximum absolute atomic E-state index is 12.0. The number of nitrogens with two attached hydrogens (primary N) is 1. The summed E-state index contributed by atoms with van der Waals surface area (Å²) in [5, 5.41) is 35.7. The quantitative estimate of drug-likeness (QED) is 0.589. The number of rotatable bonds is 4. The fourth-order valence-corrected chi connectivity index (χ4v) is 4.62. The lowest BCUT2D eigenvalue weighted by molar-refractivity contribution is -0.113. The van der Waals surface area contributed by atoms with Crippen LogP contribution in [-0.4, -0.2) is 61.5 Å². The van der Waals surface area contributed by atoms with E-state index >= 15 is 0 Å². The average molecular weight is 415 g/mol. The highest BCUT2D eigenvalue weighted by Gasteiger charge is 2.84. The maximum Gasteiger partial charge on any atom is 0.508 e. The van der Waals surface area contributed by atoms with E-state index in [1.54, 1.807) is 6.07 Å².